The Morgan fingerprint density at radius 3 is 2.68 bits per heavy atom. The third kappa shape index (κ3) is 1.95. The standard InChI is InChI=1S/C15H11FO3/c1-18-10-3-5-12-11-4-2-9(16)6-13(11)14(17)8-19-15(12)7-10/h2-7H,8H2,1H3. The fraction of sp³-hybridized carbons (Fsp3) is 0.133. The molecule has 0 N–H and O–H groups in total. The number of hydrogen-bond acceptors (Lipinski definition) is 3. The molecule has 3 nitrogen and oxygen atoms in total. The Kier molecular flexibility index (Phi) is 2.71. The van der Waals surface area contributed by atoms with Crippen LogP contribution in [0.3, 0.4) is 0 Å². The summed E-state index contributed by atoms with van der Waals surface area (Å²) in [6.45, 7) is -0.101. The molecule has 0 aliphatic carbocycles. The number of ether oxygens (including phenoxy) is 2. The van der Waals surface area contributed by atoms with Crippen LogP contribution < -0.4 is 9.47 Å². The molecule has 3 rings (SSSR count). The largest absolute Gasteiger partial charge is 0.497 e. The first-order valence-electron chi connectivity index (χ1n) is 5.83. The predicted molar refractivity (Wildman–Crippen MR) is 68.2 cm³/mol. The zero-order valence-corrected chi connectivity index (χ0v) is 10.3. The molecule has 0 bridgehead atoms. The van der Waals surface area contributed by atoms with E-state index in [4.69, 9.17) is 9.47 Å². The maximum Gasteiger partial charge on any atom is 0.200 e. The van der Waals surface area contributed by atoms with Gasteiger partial charge in [0.15, 0.2) is 6.61 Å². The summed E-state index contributed by atoms with van der Waals surface area (Å²) in [5.41, 5.74) is 1.80. The second kappa shape index (κ2) is 4.39. The van der Waals surface area contributed by atoms with Crippen LogP contribution in [0, 0.1) is 5.82 Å². The van der Waals surface area contributed by atoms with Crippen LogP contribution >= 0.6 is 0 Å². The molecule has 0 saturated carbocycles. The monoisotopic (exact) mass is 258 g/mol. The summed E-state index contributed by atoms with van der Waals surface area (Å²) in [5, 5.41) is 0. The van der Waals surface area contributed by atoms with Gasteiger partial charge in [0.05, 0.1) is 7.11 Å². The molecular weight excluding hydrogens is 247 g/mol. The van der Waals surface area contributed by atoms with E-state index < -0.39 is 5.82 Å². The van der Waals surface area contributed by atoms with Gasteiger partial charge in [0, 0.05) is 17.2 Å². The molecule has 0 atom stereocenters. The summed E-state index contributed by atoms with van der Waals surface area (Å²) in [5.74, 6) is 0.559. The van der Waals surface area contributed by atoms with Crippen molar-refractivity contribution in [2.75, 3.05) is 13.7 Å². The number of Topliss-reactive ketones (excluding diaryl/α,β-unsaturated/α-hetero) is 1. The maximum atomic E-state index is 13.3. The molecule has 0 spiro atoms. The summed E-state index contributed by atoms with van der Waals surface area (Å²) in [6, 6.07) is 9.50. The SMILES string of the molecule is COc1ccc2c(c1)OCC(=O)c1cc(F)ccc1-2. The summed E-state index contributed by atoms with van der Waals surface area (Å²) >= 11 is 0. The smallest absolute Gasteiger partial charge is 0.200 e. The Morgan fingerprint density at radius 1 is 1.11 bits per heavy atom. The number of benzene rings is 2. The molecule has 1 heterocycles. The molecule has 0 saturated heterocycles. The average molecular weight is 258 g/mol. The van der Waals surface area contributed by atoms with E-state index in [0.29, 0.717) is 22.6 Å². The van der Waals surface area contributed by atoms with Gasteiger partial charge < -0.3 is 9.47 Å². The molecule has 0 aromatic heterocycles. The highest BCUT2D eigenvalue weighted by Gasteiger charge is 2.22. The zero-order chi connectivity index (χ0) is 13.4. The van der Waals surface area contributed by atoms with Crippen molar-refractivity contribution >= 4 is 5.78 Å². The van der Waals surface area contributed by atoms with Gasteiger partial charge in [-0.25, -0.2) is 4.39 Å². The number of carbonyl (C=O) groups is 1. The summed E-state index contributed by atoms with van der Waals surface area (Å²) in [6.07, 6.45) is 0. The van der Waals surface area contributed by atoms with Gasteiger partial charge in [-0.3, -0.25) is 4.79 Å². The molecule has 0 fully saturated rings. The first kappa shape index (κ1) is 11.7. The van der Waals surface area contributed by atoms with Crippen molar-refractivity contribution in [3.63, 3.8) is 0 Å². The van der Waals surface area contributed by atoms with Gasteiger partial charge in [0.1, 0.15) is 17.3 Å². The minimum atomic E-state index is -0.427. The van der Waals surface area contributed by atoms with Crippen LogP contribution in [0.4, 0.5) is 4.39 Å². The van der Waals surface area contributed by atoms with Gasteiger partial charge in [-0.15, -0.1) is 0 Å². The second-order valence-corrected chi connectivity index (χ2v) is 4.26. The van der Waals surface area contributed by atoms with Crippen LogP contribution in [-0.2, 0) is 0 Å². The molecule has 2 aromatic carbocycles. The molecule has 96 valence electrons. The Balaban J connectivity index is 2.24. The van der Waals surface area contributed by atoms with Crippen LogP contribution in [0.2, 0.25) is 0 Å². The van der Waals surface area contributed by atoms with Crippen molar-refractivity contribution in [2.24, 2.45) is 0 Å². The highest BCUT2D eigenvalue weighted by molar-refractivity contribution is 6.05. The van der Waals surface area contributed by atoms with Crippen LogP contribution in [-0.4, -0.2) is 19.5 Å². The topological polar surface area (TPSA) is 35.5 Å². The molecule has 2 aromatic rings. The normalized spacial score (nSPS) is 13.1. The lowest BCUT2D eigenvalue weighted by Crippen LogP contribution is -2.10. The lowest BCUT2D eigenvalue weighted by atomic mass is 9.97. The number of halogens is 1. The van der Waals surface area contributed by atoms with E-state index in [1.165, 1.54) is 12.1 Å². The van der Waals surface area contributed by atoms with Gasteiger partial charge in [0.2, 0.25) is 5.78 Å². The number of ketones is 1. The van der Waals surface area contributed by atoms with Crippen molar-refractivity contribution in [2.45, 2.75) is 0 Å². The van der Waals surface area contributed by atoms with Crippen molar-refractivity contribution in [3.8, 4) is 22.6 Å². The first-order valence-corrected chi connectivity index (χ1v) is 5.83. The van der Waals surface area contributed by atoms with Gasteiger partial charge in [-0.2, -0.15) is 0 Å². The fourth-order valence-corrected chi connectivity index (χ4v) is 2.17. The van der Waals surface area contributed by atoms with Gasteiger partial charge in [0.25, 0.3) is 0 Å². The summed E-state index contributed by atoms with van der Waals surface area (Å²) in [4.78, 5) is 12.0. The number of rotatable bonds is 1. The Bertz CT molecular complexity index is 664. The first-order chi connectivity index (χ1) is 9.19. The average Bonchev–Trinajstić information content (AvgIpc) is 2.56. The number of methoxy groups -OCH3 is 1. The van der Waals surface area contributed by atoms with Crippen LogP contribution in [0.1, 0.15) is 10.4 Å². The lowest BCUT2D eigenvalue weighted by molar-refractivity contribution is 0.0925. The minimum absolute atomic E-state index is 0.101. The molecule has 0 unspecified atom stereocenters. The van der Waals surface area contributed by atoms with E-state index >= 15 is 0 Å². The minimum Gasteiger partial charge on any atom is -0.497 e. The highest BCUT2D eigenvalue weighted by Crippen LogP contribution is 2.37. The van der Waals surface area contributed by atoms with Crippen molar-refractivity contribution in [3.05, 3.63) is 47.8 Å². The van der Waals surface area contributed by atoms with Gasteiger partial charge >= 0.3 is 0 Å². The molecule has 0 amide bonds. The molecule has 0 radical (unpaired) electrons. The van der Waals surface area contributed by atoms with E-state index in [9.17, 15) is 9.18 Å². The van der Waals surface area contributed by atoms with Gasteiger partial charge in [-0.1, -0.05) is 6.07 Å². The van der Waals surface area contributed by atoms with E-state index in [1.54, 1.807) is 25.3 Å². The predicted octanol–water partition coefficient (Wildman–Crippen LogP) is 3.08. The second-order valence-electron chi connectivity index (χ2n) is 4.26. The van der Waals surface area contributed by atoms with E-state index in [0.717, 1.165) is 5.56 Å². The van der Waals surface area contributed by atoms with E-state index in [2.05, 4.69) is 0 Å². The maximum absolute atomic E-state index is 13.3. The molecule has 19 heavy (non-hydrogen) atoms. The van der Waals surface area contributed by atoms with Crippen LogP contribution in [0.5, 0.6) is 11.5 Å². The molecule has 1 aliphatic rings. The summed E-state index contributed by atoms with van der Waals surface area (Å²) < 4.78 is 23.9. The molecule has 1 aliphatic heterocycles. The third-order valence-electron chi connectivity index (χ3n) is 3.12. The lowest BCUT2D eigenvalue weighted by Gasteiger charge is -2.09. The van der Waals surface area contributed by atoms with Crippen LogP contribution in [0.25, 0.3) is 11.1 Å². The number of hydrogen-bond donors (Lipinski definition) is 0. The van der Waals surface area contributed by atoms with E-state index in [1.807, 2.05) is 6.07 Å². The Morgan fingerprint density at radius 2 is 1.89 bits per heavy atom. The number of carbonyl (C=O) groups excluding carboxylic acids is 1. The zero-order valence-electron chi connectivity index (χ0n) is 10.3. The van der Waals surface area contributed by atoms with Crippen molar-refractivity contribution in [1.82, 2.24) is 0 Å². The van der Waals surface area contributed by atoms with Gasteiger partial charge in [-0.05, 0) is 29.8 Å². The fourth-order valence-electron chi connectivity index (χ4n) is 2.17. The third-order valence-corrected chi connectivity index (χ3v) is 3.12. The van der Waals surface area contributed by atoms with Crippen molar-refractivity contribution < 1.29 is 18.7 Å². The van der Waals surface area contributed by atoms with E-state index in [-0.39, 0.29) is 12.4 Å². The Labute approximate surface area is 109 Å². The molecular formula is C15H11FO3. The Hall–Kier alpha value is -2.36. The highest BCUT2D eigenvalue weighted by atomic mass is 19.1. The quantitative estimate of drug-likeness (QED) is 0.788. The molecule has 4 heteroatoms. The van der Waals surface area contributed by atoms with Crippen LogP contribution in [0.15, 0.2) is 36.4 Å². The summed E-state index contributed by atoms with van der Waals surface area (Å²) in [7, 11) is 1.56. The number of fused-ring (bicyclic) bond motifs is 3. The van der Waals surface area contributed by atoms with Crippen molar-refractivity contribution in [1.29, 1.82) is 0 Å².